The molecule has 0 aromatic carbocycles. The van der Waals surface area contributed by atoms with Gasteiger partial charge in [0.2, 0.25) is 0 Å². The number of pyridine rings is 1. The zero-order chi connectivity index (χ0) is 8.27. The first-order valence-corrected chi connectivity index (χ1v) is 3.43. The molecule has 2 nitrogen and oxygen atoms in total. The Labute approximate surface area is 65.7 Å². The van der Waals surface area contributed by atoms with Gasteiger partial charge in [0.25, 0.3) is 0 Å². The van der Waals surface area contributed by atoms with Crippen LogP contribution in [0, 0.1) is 5.82 Å². The third-order valence-electron chi connectivity index (χ3n) is 1.34. The van der Waals surface area contributed by atoms with Crippen LogP contribution in [0.3, 0.4) is 0 Å². The maximum atomic E-state index is 12.9. The number of rotatable bonds is 2. The summed E-state index contributed by atoms with van der Waals surface area (Å²) < 4.78 is 12.9. The number of aromatic nitrogens is 1. The second kappa shape index (κ2) is 3.44. The van der Waals surface area contributed by atoms with Crippen molar-refractivity contribution in [2.75, 3.05) is 14.1 Å². The van der Waals surface area contributed by atoms with E-state index in [1.807, 2.05) is 19.0 Å². The second-order valence-corrected chi connectivity index (χ2v) is 2.70. The molecule has 0 unspecified atom stereocenters. The first kappa shape index (κ1) is 8.14. The summed E-state index contributed by atoms with van der Waals surface area (Å²) >= 11 is 0. The average molecular weight is 154 g/mol. The van der Waals surface area contributed by atoms with Gasteiger partial charge in [-0.2, -0.15) is 0 Å². The summed E-state index contributed by atoms with van der Waals surface area (Å²) in [5.41, 5.74) is 0.685. The zero-order valence-electron chi connectivity index (χ0n) is 6.71. The summed E-state index contributed by atoms with van der Waals surface area (Å²) in [6.07, 6.45) is 2.83. The molecule has 1 aromatic rings. The van der Waals surface area contributed by atoms with E-state index in [-0.39, 0.29) is 5.82 Å². The van der Waals surface area contributed by atoms with Crippen molar-refractivity contribution in [2.45, 2.75) is 6.54 Å². The van der Waals surface area contributed by atoms with Crippen LogP contribution in [-0.2, 0) is 6.54 Å². The molecule has 60 valence electrons. The highest BCUT2D eigenvalue weighted by atomic mass is 19.1. The second-order valence-electron chi connectivity index (χ2n) is 2.70. The highest BCUT2D eigenvalue weighted by Gasteiger charge is 2.00. The molecule has 0 fully saturated rings. The first-order chi connectivity index (χ1) is 5.20. The lowest BCUT2D eigenvalue weighted by molar-refractivity contribution is 0.392. The predicted octanol–water partition coefficient (Wildman–Crippen LogP) is 1.28. The molecule has 11 heavy (non-hydrogen) atoms. The molecule has 0 saturated heterocycles. The first-order valence-electron chi connectivity index (χ1n) is 3.43. The minimum atomic E-state index is -0.235. The third kappa shape index (κ3) is 2.27. The standard InChI is InChI=1S/C8H11FN2/c1-11(2)6-7-3-4-10-5-8(7)9/h3-5H,6H2,1-2H3. The van der Waals surface area contributed by atoms with Gasteiger partial charge in [0.15, 0.2) is 0 Å². The summed E-state index contributed by atoms with van der Waals surface area (Å²) in [7, 11) is 3.81. The molecule has 0 N–H and O–H groups in total. The Morgan fingerprint density at radius 3 is 2.82 bits per heavy atom. The number of halogens is 1. The van der Waals surface area contributed by atoms with E-state index in [4.69, 9.17) is 0 Å². The Morgan fingerprint density at radius 1 is 1.55 bits per heavy atom. The maximum Gasteiger partial charge on any atom is 0.145 e. The molecule has 0 atom stereocenters. The van der Waals surface area contributed by atoms with Crippen molar-refractivity contribution in [3.8, 4) is 0 Å². The van der Waals surface area contributed by atoms with Crippen LogP contribution in [0.2, 0.25) is 0 Å². The molecule has 0 aliphatic rings. The van der Waals surface area contributed by atoms with Crippen LogP contribution >= 0.6 is 0 Å². The molecule has 1 aromatic heterocycles. The van der Waals surface area contributed by atoms with E-state index in [0.29, 0.717) is 12.1 Å². The Morgan fingerprint density at radius 2 is 2.27 bits per heavy atom. The lowest BCUT2D eigenvalue weighted by atomic mass is 10.2. The molecule has 3 heteroatoms. The minimum Gasteiger partial charge on any atom is -0.305 e. The number of hydrogen-bond acceptors (Lipinski definition) is 2. The third-order valence-corrected chi connectivity index (χ3v) is 1.34. The normalized spacial score (nSPS) is 10.5. The minimum absolute atomic E-state index is 0.235. The van der Waals surface area contributed by atoms with Crippen molar-refractivity contribution >= 4 is 0 Å². The number of hydrogen-bond donors (Lipinski definition) is 0. The largest absolute Gasteiger partial charge is 0.305 e. The van der Waals surface area contributed by atoms with Gasteiger partial charge >= 0.3 is 0 Å². The molecule has 0 amide bonds. The van der Waals surface area contributed by atoms with Gasteiger partial charge in [0.05, 0.1) is 6.20 Å². The van der Waals surface area contributed by atoms with Crippen molar-refractivity contribution in [3.05, 3.63) is 29.8 Å². The summed E-state index contributed by atoms with van der Waals surface area (Å²) in [4.78, 5) is 5.57. The van der Waals surface area contributed by atoms with Crippen LogP contribution in [0.25, 0.3) is 0 Å². The molecular formula is C8H11FN2. The van der Waals surface area contributed by atoms with Crippen molar-refractivity contribution in [3.63, 3.8) is 0 Å². The van der Waals surface area contributed by atoms with Crippen molar-refractivity contribution < 1.29 is 4.39 Å². The van der Waals surface area contributed by atoms with Crippen molar-refractivity contribution in [1.82, 2.24) is 9.88 Å². The fourth-order valence-electron chi connectivity index (χ4n) is 0.873. The lowest BCUT2D eigenvalue weighted by Crippen LogP contribution is -2.11. The van der Waals surface area contributed by atoms with Crippen LogP contribution in [-0.4, -0.2) is 24.0 Å². The molecule has 0 radical (unpaired) electrons. The zero-order valence-corrected chi connectivity index (χ0v) is 6.71. The highest BCUT2D eigenvalue weighted by molar-refractivity contribution is 5.11. The Kier molecular flexibility index (Phi) is 2.54. The summed E-state index contributed by atoms with van der Waals surface area (Å²) in [5.74, 6) is -0.235. The van der Waals surface area contributed by atoms with E-state index >= 15 is 0 Å². The Hall–Kier alpha value is -0.960. The molecule has 1 rings (SSSR count). The van der Waals surface area contributed by atoms with Gasteiger partial charge in [-0.25, -0.2) is 4.39 Å². The fraction of sp³-hybridized carbons (Fsp3) is 0.375. The van der Waals surface area contributed by atoms with Crippen LogP contribution in [0.15, 0.2) is 18.5 Å². The van der Waals surface area contributed by atoms with Gasteiger partial charge in [-0.05, 0) is 20.2 Å². The van der Waals surface area contributed by atoms with Gasteiger partial charge in [-0.3, -0.25) is 4.98 Å². The van der Waals surface area contributed by atoms with Gasteiger partial charge in [0.1, 0.15) is 5.82 Å². The van der Waals surface area contributed by atoms with E-state index in [1.54, 1.807) is 12.3 Å². The monoisotopic (exact) mass is 154 g/mol. The van der Waals surface area contributed by atoms with Gasteiger partial charge in [0, 0.05) is 18.3 Å². The molecule has 1 heterocycles. The smallest absolute Gasteiger partial charge is 0.145 e. The SMILES string of the molecule is CN(C)Cc1ccncc1F. The summed E-state index contributed by atoms with van der Waals surface area (Å²) in [6.45, 7) is 0.619. The van der Waals surface area contributed by atoms with Gasteiger partial charge < -0.3 is 4.90 Å². The molecule has 0 aliphatic carbocycles. The van der Waals surface area contributed by atoms with E-state index < -0.39 is 0 Å². The van der Waals surface area contributed by atoms with Crippen LogP contribution < -0.4 is 0 Å². The van der Waals surface area contributed by atoms with Gasteiger partial charge in [-0.15, -0.1) is 0 Å². The van der Waals surface area contributed by atoms with Gasteiger partial charge in [-0.1, -0.05) is 0 Å². The molecular weight excluding hydrogens is 143 g/mol. The highest BCUT2D eigenvalue weighted by Crippen LogP contribution is 2.05. The molecule has 0 spiro atoms. The molecule has 0 bridgehead atoms. The topological polar surface area (TPSA) is 16.1 Å². The van der Waals surface area contributed by atoms with E-state index in [9.17, 15) is 4.39 Å². The fourth-order valence-corrected chi connectivity index (χ4v) is 0.873. The van der Waals surface area contributed by atoms with Crippen molar-refractivity contribution in [2.24, 2.45) is 0 Å². The lowest BCUT2D eigenvalue weighted by Gasteiger charge is -2.09. The predicted molar refractivity (Wildman–Crippen MR) is 41.6 cm³/mol. The van der Waals surface area contributed by atoms with Crippen molar-refractivity contribution in [1.29, 1.82) is 0 Å². The Balaban J connectivity index is 2.78. The van der Waals surface area contributed by atoms with E-state index in [0.717, 1.165) is 0 Å². The Bertz CT molecular complexity index is 235. The maximum absolute atomic E-state index is 12.9. The molecule has 0 aliphatic heterocycles. The quantitative estimate of drug-likeness (QED) is 0.638. The number of nitrogens with zero attached hydrogens (tertiary/aromatic N) is 2. The molecule has 0 saturated carbocycles. The van der Waals surface area contributed by atoms with E-state index in [2.05, 4.69) is 4.98 Å². The van der Waals surface area contributed by atoms with Crippen LogP contribution in [0.4, 0.5) is 4.39 Å². The van der Waals surface area contributed by atoms with E-state index in [1.165, 1.54) is 6.20 Å². The summed E-state index contributed by atoms with van der Waals surface area (Å²) in [5, 5.41) is 0. The average Bonchev–Trinajstić information content (AvgIpc) is 1.93. The van der Waals surface area contributed by atoms with Crippen LogP contribution in [0.5, 0.6) is 0 Å². The van der Waals surface area contributed by atoms with Crippen LogP contribution in [0.1, 0.15) is 5.56 Å². The summed E-state index contributed by atoms with van der Waals surface area (Å²) in [6, 6.07) is 1.69.